The summed E-state index contributed by atoms with van der Waals surface area (Å²) in [6.07, 6.45) is 2.71. The zero-order chi connectivity index (χ0) is 14.3. The Morgan fingerprint density at radius 2 is 1.89 bits per heavy atom. The zero-order valence-electron chi connectivity index (χ0n) is 11.8. The SMILES string of the molecule is CC1(C)OB(c2cc(N)ncc2CC=O)OC1(C)C. The van der Waals surface area contributed by atoms with Crippen LogP contribution in [-0.4, -0.2) is 29.6 Å². The molecule has 19 heavy (non-hydrogen) atoms. The minimum absolute atomic E-state index is 0.271. The summed E-state index contributed by atoms with van der Waals surface area (Å²) >= 11 is 0. The van der Waals surface area contributed by atoms with Crippen LogP contribution in [0.4, 0.5) is 5.82 Å². The van der Waals surface area contributed by atoms with Crippen molar-refractivity contribution < 1.29 is 14.1 Å². The van der Waals surface area contributed by atoms with Gasteiger partial charge in [-0.05, 0) is 44.8 Å². The fourth-order valence-corrected chi connectivity index (χ4v) is 1.97. The lowest BCUT2D eigenvalue weighted by atomic mass is 9.76. The van der Waals surface area contributed by atoms with Crippen LogP contribution in [0.2, 0.25) is 0 Å². The summed E-state index contributed by atoms with van der Waals surface area (Å²) in [5.41, 5.74) is 6.43. The van der Waals surface area contributed by atoms with Gasteiger partial charge in [0, 0.05) is 12.6 Å². The lowest BCUT2D eigenvalue weighted by Crippen LogP contribution is -2.41. The molecule has 2 N–H and O–H groups in total. The predicted molar refractivity (Wildman–Crippen MR) is 74.1 cm³/mol. The van der Waals surface area contributed by atoms with Gasteiger partial charge in [-0.2, -0.15) is 0 Å². The highest BCUT2D eigenvalue weighted by molar-refractivity contribution is 6.62. The van der Waals surface area contributed by atoms with Crippen LogP contribution in [0, 0.1) is 0 Å². The van der Waals surface area contributed by atoms with Crippen molar-refractivity contribution in [2.24, 2.45) is 0 Å². The average Bonchev–Trinajstić information content (AvgIpc) is 2.51. The maximum Gasteiger partial charge on any atom is 0.495 e. The molecule has 5 nitrogen and oxygen atoms in total. The molecule has 102 valence electrons. The molecule has 1 fully saturated rings. The maximum absolute atomic E-state index is 10.7. The van der Waals surface area contributed by atoms with E-state index in [0.29, 0.717) is 5.82 Å². The van der Waals surface area contributed by atoms with Gasteiger partial charge in [0.25, 0.3) is 0 Å². The van der Waals surface area contributed by atoms with Gasteiger partial charge in [-0.1, -0.05) is 0 Å². The highest BCUT2D eigenvalue weighted by Crippen LogP contribution is 2.36. The number of hydrogen-bond donors (Lipinski definition) is 1. The molecule has 1 aliphatic rings. The molecular weight excluding hydrogens is 243 g/mol. The fourth-order valence-electron chi connectivity index (χ4n) is 1.97. The second-order valence-electron chi connectivity index (χ2n) is 5.77. The Labute approximate surface area is 113 Å². The van der Waals surface area contributed by atoms with E-state index in [0.717, 1.165) is 17.3 Å². The van der Waals surface area contributed by atoms with Crippen molar-refractivity contribution in [1.82, 2.24) is 4.98 Å². The number of anilines is 1. The van der Waals surface area contributed by atoms with E-state index in [9.17, 15) is 4.79 Å². The molecule has 2 heterocycles. The third-order valence-electron chi connectivity index (χ3n) is 3.85. The molecule has 2 rings (SSSR count). The van der Waals surface area contributed by atoms with Gasteiger partial charge >= 0.3 is 7.12 Å². The van der Waals surface area contributed by atoms with Gasteiger partial charge in [-0.25, -0.2) is 4.98 Å². The minimum Gasteiger partial charge on any atom is -0.399 e. The van der Waals surface area contributed by atoms with Crippen LogP contribution in [0.5, 0.6) is 0 Å². The quantitative estimate of drug-likeness (QED) is 0.641. The first-order valence-electron chi connectivity index (χ1n) is 6.30. The number of aldehydes is 1. The largest absolute Gasteiger partial charge is 0.495 e. The maximum atomic E-state index is 10.7. The average molecular weight is 262 g/mol. The van der Waals surface area contributed by atoms with Gasteiger partial charge in [0.1, 0.15) is 12.1 Å². The van der Waals surface area contributed by atoms with Crippen LogP contribution in [0.1, 0.15) is 33.3 Å². The summed E-state index contributed by atoms with van der Waals surface area (Å²) in [6, 6.07) is 1.71. The van der Waals surface area contributed by atoms with Crippen LogP contribution < -0.4 is 11.2 Å². The monoisotopic (exact) mass is 262 g/mol. The molecule has 0 unspecified atom stereocenters. The molecule has 6 heteroatoms. The highest BCUT2D eigenvalue weighted by Gasteiger charge is 2.52. The number of carbonyl (C=O) groups is 1. The van der Waals surface area contributed by atoms with E-state index in [1.54, 1.807) is 12.3 Å². The second kappa shape index (κ2) is 4.61. The van der Waals surface area contributed by atoms with E-state index in [4.69, 9.17) is 15.0 Å². The van der Waals surface area contributed by atoms with Crippen molar-refractivity contribution >= 4 is 24.7 Å². The summed E-state index contributed by atoms with van der Waals surface area (Å²) in [5.74, 6) is 0.388. The topological polar surface area (TPSA) is 74.4 Å². The third kappa shape index (κ3) is 2.50. The smallest absolute Gasteiger partial charge is 0.399 e. The molecule has 0 aromatic carbocycles. The van der Waals surface area contributed by atoms with Crippen molar-refractivity contribution in [3.8, 4) is 0 Å². The molecule has 1 aromatic rings. The molecule has 1 saturated heterocycles. The Hall–Kier alpha value is -1.40. The standard InChI is InChI=1S/C13H19BN2O3/c1-12(2)13(3,4)19-14(18-12)10-7-11(15)16-8-9(10)5-6-17/h6-8H,5H2,1-4H3,(H2,15,16). The number of nitrogen functional groups attached to an aromatic ring is 1. The molecular formula is C13H19BN2O3. The van der Waals surface area contributed by atoms with Crippen molar-refractivity contribution in [2.45, 2.75) is 45.3 Å². The Kier molecular flexibility index (Phi) is 3.41. The lowest BCUT2D eigenvalue weighted by Gasteiger charge is -2.32. The normalized spacial score (nSPS) is 20.5. The summed E-state index contributed by atoms with van der Waals surface area (Å²) in [7, 11) is -0.523. The number of nitrogens with two attached hydrogens (primary N) is 1. The van der Waals surface area contributed by atoms with Crippen LogP contribution in [0.15, 0.2) is 12.3 Å². The van der Waals surface area contributed by atoms with E-state index in [1.165, 1.54) is 0 Å². The molecule has 0 spiro atoms. The van der Waals surface area contributed by atoms with Gasteiger partial charge in [0.05, 0.1) is 11.2 Å². The minimum atomic E-state index is -0.523. The molecule has 0 atom stereocenters. The van der Waals surface area contributed by atoms with Crippen molar-refractivity contribution in [3.63, 3.8) is 0 Å². The van der Waals surface area contributed by atoms with E-state index >= 15 is 0 Å². The lowest BCUT2D eigenvalue weighted by molar-refractivity contribution is -0.107. The number of hydrogen-bond acceptors (Lipinski definition) is 5. The van der Waals surface area contributed by atoms with E-state index in [-0.39, 0.29) is 6.42 Å². The highest BCUT2D eigenvalue weighted by atomic mass is 16.7. The van der Waals surface area contributed by atoms with E-state index in [1.807, 2.05) is 27.7 Å². The number of nitrogens with zero attached hydrogens (tertiary/aromatic N) is 1. The van der Waals surface area contributed by atoms with Gasteiger partial charge in [0.15, 0.2) is 0 Å². The summed E-state index contributed by atoms with van der Waals surface area (Å²) < 4.78 is 11.9. The number of pyridine rings is 1. The van der Waals surface area contributed by atoms with Gasteiger partial charge < -0.3 is 19.8 Å². The molecule has 1 aliphatic heterocycles. The third-order valence-corrected chi connectivity index (χ3v) is 3.85. The Bertz CT molecular complexity index is 487. The van der Waals surface area contributed by atoms with Crippen LogP contribution in [0.25, 0.3) is 0 Å². The number of rotatable bonds is 3. The zero-order valence-corrected chi connectivity index (χ0v) is 11.8. The van der Waals surface area contributed by atoms with Crippen LogP contribution in [-0.2, 0) is 20.5 Å². The first-order valence-corrected chi connectivity index (χ1v) is 6.30. The predicted octanol–water partition coefficient (Wildman–Crippen LogP) is 0.704. The van der Waals surface area contributed by atoms with E-state index in [2.05, 4.69) is 4.98 Å². The Morgan fingerprint density at radius 3 is 2.42 bits per heavy atom. The first kappa shape index (κ1) is 14.0. The summed E-state index contributed by atoms with van der Waals surface area (Å²) in [6.45, 7) is 7.93. The van der Waals surface area contributed by atoms with E-state index < -0.39 is 18.3 Å². The molecule has 0 radical (unpaired) electrons. The fraction of sp³-hybridized carbons (Fsp3) is 0.538. The molecule has 0 bridgehead atoms. The molecule has 0 saturated carbocycles. The Morgan fingerprint density at radius 1 is 1.32 bits per heavy atom. The first-order chi connectivity index (χ1) is 8.77. The van der Waals surface area contributed by atoms with Gasteiger partial charge in [0.2, 0.25) is 0 Å². The molecule has 0 amide bonds. The molecule has 1 aromatic heterocycles. The van der Waals surface area contributed by atoms with Crippen molar-refractivity contribution in [2.75, 3.05) is 5.73 Å². The van der Waals surface area contributed by atoms with Crippen molar-refractivity contribution in [1.29, 1.82) is 0 Å². The van der Waals surface area contributed by atoms with Crippen LogP contribution >= 0.6 is 0 Å². The summed E-state index contributed by atoms with van der Waals surface area (Å²) in [5, 5.41) is 0. The van der Waals surface area contributed by atoms with Crippen LogP contribution in [0.3, 0.4) is 0 Å². The number of carbonyl (C=O) groups excluding carboxylic acids is 1. The Balaban J connectivity index is 2.38. The molecule has 0 aliphatic carbocycles. The second-order valence-corrected chi connectivity index (χ2v) is 5.77. The number of aromatic nitrogens is 1. The summed E-state index contributed by atoms with van der Waals surface area (Å²) in [4.78, 5) is 14.8. The van der Waals surface area contributed by atoms with Gasteiger partial charge in [-0.15, -0.1) is 0 Å². The van der Waals surface area contributed by atoms with Crippen molar-refractivity contribution in [3.05, 3.63) is 17.8 Å². The van der Waals surface area contributed by atoms with Gasteiger partial charge in [-0.3, -0.25) is 0 Å².